The van der Waals surface area contributed by atoms with Crippen LogP contribution in [0.5, 0.6) is 0 Å². The van der Waals surface area contributed by atoms with Crippen LogP contribution in [0.1, 0.15) is 12.0 Å². The fourth-order valence-electron chi connectivity index (χ4n) is 4.11. The van der Waals surface area contributed by atoms with Gasteiger partial charge in [0, 0.05) is 32.7 Å². The summed E-state index contributed by atoms with van der Waals surface area (Å²) in [7, 11) is -3.83. The van der Waals surface area contributed by atoms with E-state index in [9.17, 15) is 22.4 Å². The van der Waals surface area contributed by atoms with Gasteiger partial charge in [-0.3, -0.25) is 19.4 Å². The number of rotatable bonds is 6. The van der Waals surface area contributed by atoms with E-state index in [2.05, 4.69) is 0 Å². The summed E-state index contributed by atoms with van der Waals surface area (Å²) in [5.41, 5.74) is 1.05. The highest BCUT2D eigenvalue weighted by Crippen LogP contribution is 2.25. The van der Waals surface area contributed by atoms with Gasteiger partial charge in [-0.2, -0.15) is 4.31 Å². The molecule has 0 aliphatic carbocycles. The molecule has 1 atom stereocenters. The molecule has 0 radical (unpaired) electrons. The van der Waals surface area contributed by atoms with Crippen molar-refractivity contribution in [3.63, 3.8) is 0 Å². The van der Waals surface area contributed by atoms with E-state index < -0.39 is 21.9 Å². The second-order valence-corrected chi connectivity index (χ2v) is 10.2. The van der Waals surface area contributed by atoms with Crippen molar-refractivity contribution in [1.29, 1.82) is 0 Å². The Balaban J connectivity index is 1.37. The summed E-state index contributed by atoms with van der Waals surface area (Å²) < 4.78 is 40.4. The molecule has 2 aromatic carbocycles. The topological polar surface area (TPSA) is 78.0 Å². The SMILES string of the molecule is O=C1C[C@H](N2CCN(S(=O)(=O)c3ccc(F)c(Cl)c3)CC2)C(=O)N1CCc1ccccc1. The Bertz CT molecular complexity index is 1120. The molecule has 10 heteroatoms. The number of sulfonamides is 1. The highest BCUT2D eigenvalue weighted by Gasteiger charge is 2.43. The summed E-state index contributed by atoms with van der Waals surface area (Å²) in [5, 5.41) is -0.254. The predicted molar refractivity (Wildman–Crippen MR) is 117 cm³/mol. The van der Waals surface area contributed by atoms with E-state index in [4.69, 9.17) is 11.6 Å². The van der Waals surface area contributed by atoms with E-state index in [1.165, 1.54) is 15.3 Å². The minimum Gasteiger partial charge on any atom is -0.289 e. The van der Waals surface area contributed by atoms with Crippen LogP contribution in [-0.2, 0) is 26.0 Å². The second kappa shape index (κ2) is 9.27. The van der Waals surface area contributed by atoms with Gasteiger partial charge in [0.05, 0.1) is 22.4 Å². The van der Waals surface area contributed by atoms with Gasteiger partial charge in [0.1, 0.15) is 5.82 Å². The van der Waals surface area contributed by atoms with Crippen LogP contribution >= 0.6 is 11.6 Å². The Labute approximate surface area is 191 Å². The van der Waals surface area contributed by atoms with Gasteiger partial charge in [0.2, 0.25) is 21.8 Å². The first-order valence-electron chi connectivity index (χ1n) is 10.3. The van der Waals surface area contributed by atoms with Crippen molar-refractivity contribution in [2.45, 2.75) is 23.8 Å². The molecule has 0 N–H and O–H groups in total. The summed E-state index contributed by atoms with van der Waals surface area (Å²) in [6, 6.07) is 12.4. The molecule has 2 aliphatic heterocycles. The predicted octanol–water partition coefficient (Wildman–Crippen LogP) is 2.16. The smallest absolute Gasteiger partial charge is 0.247 e. The molecule has 0 unspecified atom stereocenters. The lowest BCUT2D eigenvalue weighted by atomic mass is 10.1. The van der Waals surface area contributed by atoms with Crippen LogP contribution < -0.4 is 0 Å². The molecule has 2 amide bonds. The summed E-state index contributed by atoms with van der Waals surface area (Å²) in [4.78, 5) is 28.4. The van der Waals surface area contributed by atoms with E-state index in [-0.39, 0.29) is 41.2 Å². The first-order valence-corrected chi connectivity index (χ1v) is 12.2. The van der Waals surface area contributed by atoms with Crippen LogP contribution in [-0.4, -0.2) is 73.1 Å². The number of hydrogen-bond donors (Lipinski definition) is 0. The van der Waals surface area contributed by atoms with Gasteiger partial charge in [-0.05, 0) is 30.2 Å². The molecular weight excluding hydrogens is 457 g/mol. The number of benzene rings is 2. The van der Waals surface area contributed by atoms with E-state index in [1.807, 2.05) is 35.2 Å². The molecular formula is C22H23ClFN3O4S. The quantitative estimate of drug-likeness (QED) is 0.593. The van der Waals surface area contributed by atoms with Crippen LogP contribution in [0.25, 0.3) is 0 Å². The standard InChI is InChI=1S/C22H23ClFN3O4S/c23-18-14-17(6-7-19(18)24)32(30,31)26-12-10-25(11-13-26)20-15-21(28)27(22(20)29)9-8-16-4-2-1-3-5-16/h1-7,14,20H,8-13,15H2/t20-/m0/s1. The maximum Gasteiger partial charge on any atom is 0.247 e. The Kier molecular flexibility index (Phi) is 6.62. The monoisotopic (exact) mass is 479 g/mol. The molecule has 2 fully saturated rings. The van der Waals surface area contributed by atoms with Crippen LogP contribution in [0.2, 0.25) is 5.02 Å². The number of nitrogens with zero attached hydrogens (tertiary/aromatic N) is 3. The molecule has 32 heavy (non-hydrogen) atoms. The van der Waals surface area contributed by atoms with E-state index in [0.717, 1.165) is 17.7 Å². The summed E-state index contributed by atoms with van der Waals surface area (Å²) in [6.45, 7) is 1.31. The molecule has 7 nitrogen and oxygen atoms in total. The van der Waals surface area contributed by atoms with Gasteiger partial charge < -0.3 is 0 Å². The fraction of sp³-hybridized carbons (Fsp3) is 0.364. The van der Waals surface area contributed by atoms with Gasteiger partial charge in [-0.25, -0.2) is 12.8 Å². The van der Waals surface area contributed by atoms with E-state index in [0.29, 0.717) is 26.1 Å². The summed E-state index contributed by atoms with van der Waals surface area (Å²) >= 11 is 5.74. The summed E-state index contributed by atoms with van der Waals surface area (Å²) in [5.74, 6) is -1.11. The molecule has 0 bridgehead atoms. The number of carbonyl (C=O) groups is 2. The van der Waals surface area contributed by atoms with Gasteiger partial charge >= 0.3 is 0 Å². The molecule has 4 rings (SSSR count). The molecule has 2 aromatic rings. The number of amides is 2. The number of carbonyl (C=O) groups excluding carboxylic acids is 2. The van der Waals surface area contributed by atoms with Gasteiger partial charge in [0.15, 0.2) is 0 Å². The van der Waals surface area contributed by atoms with E-state index >= 15 is 0 Å². The number of piperazine rings is 1. The highest BCUT2D eigenvalue weighted by molar-refractivity contribution is 7.89. The van der Waals surface area contributed by atoms with Gasteiger partial charge in [-0.1, -0.05) is 41.9 Å². The van der Waals surface area contributed by atoms with Crippen LogP contribution in [0.4, 0.5) is 4.39 Å². The molecule has 170 valence electrons. The molecule has 0 spiro atoms. The average molecular weight is 480 g/mol. The minimum absolute atomic E-state index is 0.0726. The zero-order chi connectivity index (χ0) is 22.9. The molecule has 2 saturated heterocycles. The van der Waals surface area contributed by atoms with Gasteiger partial charge in [-0.15, -0.1) is 0 Å². The second-order valence-electron chi connectivity index (χ2n) is 7.86. The lowest BCUT2D eigenvalue weighted by molar-refractivity contribution is -0.139. The molecule has 2 aliphatic rings. The Morgan fingerprint density at radius 3 is 2.34 bits per heavy atom. The zero-order valence-electron chi connectivity index (χ0n) is 17.3. The van der Waals surface area contributed by atoms with Crippen molar-refractivity contribution in [2.75, 3.05) is 32.7 Å². The number of likely N-dealkylation sites (tertiary alicyclic amines) is 1. The van der Waals surface area contributed by atoms with Gasteiger partial charge in [0.25, 0.3) is 0 Å². The summed E-state index contributed by atoms with van der Waals surface area (Å²) in [6.07, 6.45) is 0.700. The number of imide groups is 1. The minimum atomic E-state index is -3.83. The number of halogens is 2. The zero-order valence-corrected chi connectivity index (χ0v) is 18.9. The third-order valence-corrected chi connectivity index (χ3v) is 8.11. The first-order chi connectivity index (χ1) is 15.3. The van der Waals surface area contributed by atoms with Crippen molar-refractivity contribution < 1.29 is 22.4 Å². The fourth-order valence-corrected chi connectivity index (χ4v) is 5.81. The van der Waals surface area contributed by atoms with Crippen molar-refractivity contribution in [3.05, 3.63) is 64.9 Å². The Morgan fingerprint density at radius 2 is 1.69 bits per heavy atom. The largest absolute Gasteiger partial charge is 0.289 e. The molecule has 0 saturated carbocycles. The lowest BCUT2D eigenvalue weighted by Crippen LogP contribution is -2.53. The van der Waals surface area contributed by atoms with Crippen molar-refractivity contribution in [1.82, 2.24) is 14.1 Å². The molecule has 2 heterocycles. The normalized spacial score (nSPS) is 20.8. The maximum absolute atomic E-state index is 13.4. The Hall–Kier alpha value is -2.33. The van der Waals surface area contributed by atoms with Crippen molar-refractivity contribution >= 4 is 33.4 Å². The molecule has 0 aromatic heterocycles. The lowest BCUT2D eigenvalue weighted by Gasteiger charge is -2.36. The number of hydrogen-bond acceptors (Lipinski definition) is 5. The van der Waals surface area contributed by atoms with Crippen molar-refractivity contribution in [2.24, 2.45) is 0 Å². The first kappa shape index (κ1) is 22.8. The van der Waals surface area contributed by atoms with Crippen LogP contribution in [0, 0.1) is 5.82 Å². The van der Waals surface area contributed by atoms with Crippen LogP contribution in [0.3, 0.4) is 0 Å². The third kappa shape index (κ3) is 4.56. The third-order valence-electron chi connectivity index (χ3n) is 5.93. The average Bonchev–Trinajstić information content (AvgIpc) is 3.08. The highest BCUT2D eigenvalue weighted by atomic mass is 35.5. The van der Waals surface area contributed by atoms with Crippen LogP contribution in [0.15, 0.2) is 53.4 Å². The van der Waals surface area contributed by atoms with E-state index in [1.54, 1.807) is 0 Å². The van der Waals surface area contributed by atoms with Crippen molar-refractivity contribution in [3.8, 4) is 0 Å². The Morgan fingerprint density at radius 1 is 1.00 bits per heavy atom. The maximum atomic E-state index is 13.4.